The predicted octanol–water partition coefficient (Wildman–Crippen LogP) is 4.73. The molecule has 0 saturated carbocycles. The van der Waals surface area contributed by atoms with Crippen molar-refractivity contribution >= 4 is 33.3 Å². The van der Waals surface area contributed by atoms with E-state index < -0.39 is 6.10 Å². The average Bonchev–Trinajstić information content (AvgIpc) is 3.13. The molecule has 0 aliphatic rings. The summed E-state index contributed by atoms with van der Waals surface area (Å²) in [5.41, 5.74) is 2.63. The maximum Gasteiger partial charge on any atom is 0.135 e. The molecule has 2 nitrogen and oxygen atoms in total. The van der Waals surface area contributed by atoms with E-state index in [1.807, 2.05) is 60.0 Å². The number of furan rings is 1. The molecule has 0 bridgehead atoms. The van der Waals surface area contributed by atoms with Crippen molar-refractivity contribution in [2.24, 2.45) is 0 Å². The molecule has 0 amide bonds. The van der Waals surface area contributed by atoms with Crippen molar-refractivity contribution < 1.29 is 9.52 Å². The second kappa shape index (κ2) is 4.47. The van der Waals surface area contributed by atoms with E-state index in [0.29, 0.717) is 0 Å². The number of para-hydroxylation sites is 1. The largest absolute Gasteiger partial charge is 0.456 e. The summed E-state index contributed by atoms with van der Waals surface area (Å²) in [6, 6.07) is 17.8. The first kappa shape index (κ1) is 11.7. The van der Waals surface area contributed by atoms with E-state index in [2.05, 4.69) is 0 Å². The molecule has 0 aliphatic carbocycles. The van der Waals surface area contributed by atoms with Gasteiger partial charge in [-0.25, -0.2) is 0 Å². The molecule has 0 radical (unpaired) electrons. The Balaban J connectivity index is 1.91. The highest BCUT2D eigenvalue weighted by atomic mass is 32.1. The molecule has 0 aliphatic heterocycles. The van der Waals surface area contributed by atoms with Crippen molar-refractivity contribution in [2.45, 2.75) is 6.10 Å². The zero-order chi connectivity index (χ0) is 13.5. The number of fused-ring (bicyclic) bond motifs is 3. The van der Waals surface area contributed by atoms with Gasteiger partial charge in [0.2, 0.25) is 0 Å². The van der Waals surface area contributed by atoms with Gasteiger partial charge in [-0.1, -0.05) is 30.3 Å². The quantitative estimate of drug-likeness (QED) is 0.576. The van der Waals surface area contributed by atoms with Gasteiger partial charge >= 0.3 is 0 Å². The van der Waals surface area contributed by atoms with Gasteiger partial charge in [0.1, 0.15) is 17.3 Å². The summed E-state index contributed by atoms with van der Waals surface area (Å²) in [6.07, 6.45) is -0.576. The molecule has 0 saturated heterocycles. The fraction of sp³-hybridized carbons (Fsp3) is 0.0588. The Morgan fingerprint density at radius 2 is 1.75 bits per heavy atom. The molecule has 4 aromatic rings. The lowest BCUT2D eigenvalue weighted by molar-refractivity contribution is 0.224. The molecule has 2 aromatic carbocycles. The Labute approximate surface area is 119 Å². The SMILES string of the molecule is OC(c1ccc2oc3ccccc3c2c1)c1cccs1. The third-order valence-electron chi connectivity index (χ3n) is 3.53. The summed E-state index contributed by atoms with van der Waals surface area (Å²) < 4.78 is 5.80. The normalized spacial score (nSPS) is 13.1. The van der Waals surface area contributed by atoms with Crippen LogP contribution in [0.1, 0.15) is 16.5 Å². The zero-order valence-corrected chi connectivity index (χ0v) is 11.4. The van der Waals surface area contributed by atoms with Crippen molar-refractivity contribution in [1.82, 2.24) is 0 Å². The van der Waals surface area contributed by atoms with Gasteiger partial charge < -0.3 is 9.52 Å². The zero-order valence-electron chi connectivity index (χ0n) is 10.6. The van der Waals surface area contributed by atoms with Gasteiger partial charge in [-0.2, -0.15) is 0 Å². The molecule has 1 atom stereocenters. The van der Waals surface area contributed by atoms with Crippen LogP contribution in [-0.2, 0) is 0 Å². The number of aliphatic hydroxyl groups is 1. The van der Waals surface area contributed by atoms with E-state index in [0.717, 1.165) is 32.4 Å². The Morgan fingerprint density at radius 1 is 0.900 bits per heavy atom. The highest BCUT2D eigenvalue weighted by molar-refractivity contribution is 7.10. The lowest BCUT2D eigenvalue weighted by Gasteiger charge is -2.08. The first-order valence-corrected chi connectivity index (χ1v) is 7.33. The topological polar surface area (TPSA) is 33.4 Å². The second-order valence-corrected chi connectivity index (χ2v) is 5.75. The van der Waals surface area contributed by atoms with Gasteiger partial charge in [0.15, 0.2) is 0 Å². The third kappa shape index (κ3) is 1.75. The minimum Gasteiger partial charge on any atom is -0.456 e. The Bertz CT molecular complexity index is 874. The maximum absolute atomic E-state index is 10.4. The molecule has 0 fully saturated rings. The standard InChI is InChI=1S/C17H12O2S/c18-17(16-6-3-9-20-16)11-7-8-15-13(10-11)12-4-1-2-5-14(12)19-15/h1-10,17-18H. The summed E-state index contributed by atoms with van der Waals surface area (Å²) in [7, 11) is 0. The van der Waals surface area contributed by atoms with Gasteiger partial charge in [-0.15, -0.1) is 11.3 Å². The summed E-state index contributed by atoms with van der Waals surface area (Å²) in [6.45, 7) is 0. The number of rotatable bonds is 2. The van der Waals surface area contributed by atoms with Crippen LogP contribution >= 0.6 is 11.3 Å². The fourth-order valence-corrected chi connectivity index (χ4v) is 3.26. The first-order valence-electron chi connectivity index (χ1n) is 6.45. The Kier molecular flexibility index (Phi) is 2.62. The van der Waals surface area contributed by atoms with Crippen LogP contribution in [0.4, 0.5) is 0 Å². The number of hydrogen-bond acceptors (Lipinski definition) is 3. The highest BCUT2D eigenvalue weighted by Gasteiger charge is 2.14. The molecule has 4 rings (SSSR count). The summed E-state index contributed by atoms with van der Waals surface area (Å²) in [4.78, 5) is 0.956. The Morgan fingerprint density at radius 3 is 2.60 bits per heavy atom. The van der Waals surface area contributed by atoms with Crippen LogP contribution in [0, 0.1) is 0 Å². The number of aliphatic hydroxyl groups excluding tert-OH is 1. The molecular formula is C17H12O2S. The molecule has 20 heavy (non-hydrogen) atoms. The van der Waals surface area contributed by atoms with Crippen molar-refractivity contribution in [3.8, 4) is 0 Å². The molecular weight excluding hydrogens is 268 g/mol. The van der Waals surface area contributed by atoms with Crippen LogP contribution in [0.3, 0.4) is 0 Å². The lowest BCUT2D eigenvalue weighted by atomic mass is 10.0. The van der Waals surface area contributed by atoms with Crippen LogP contribution in [-0.4, -0.2) is 5.11 Å². The smallest absolute Gasteiger partial charge is 0.135 e. The van der Waals surface area contributed by atoms with E-state index in [-0.39, 0.29) is 0 Å². The summed E-state index contributed by atoms with van der Waals surface area (Å²) in [5.74, 6) is 0. The highest BCUT2D eigenvalue weighted by Crippen LogP contribution is 2.33. The molecule has 1 unspecified atom stereocenters. The summed E-state index contributed by atoms with van der Waals surface area (Å²) >= 11 is 1.56. The van der Waals surface area contributed by atoms with Crippen molar-refractivity contribution in [1.29, 1.82) is 0 Å². The van der Waals surface area contributed by atoms with Gasteiger partial charge in [0, 0.05) is 15.6 Å². The molecule has 98 valence electrons. The Hall–Kier alpha value is -2.10. The van der Waals surface area contributed by atoms with Crippen LogP contribution < -0.4 is 0 Å². The molecule has 2 aromatic heterocycles. The van der Waals surface area contributed by atoms with E-state index in [1.165, 1.54) is 0 Å². The predicted molar refractivity (Wildman–Crippen MR) is 82.1 cm³/mol. The van der Waals surface area contributed by atoms with Gasteiger partial charge in [-0.3, -0.25) is 0 Å². The molecule has 0 spiro atoms. The third-order valence-corrected chi connectivity index (χ3v) is 4.45. The van der Waals surface area contributed by atoms with E-state index in [4.69, 9.17) is 4.42 Å². The van der Waals surface area contributed by atoms with Gasteiger partial charge in [-0.05, 0) is 35.2 Å². The van der Waals surface area contributed by atoms with E-state index in [9.17, 15) is 5.11 Å². The maximum atomic E-state index is 10.4. The fourth-order valence-electron chi connectivity index (χ4n) is 2.52. The van der Waals surface area contributed by atoms with Crippen LogP contribution in [0.25, 0.3) is 21.9 Å². The van der Waals surface area contributed by atoms with Crippen LogP contribution in [0.15, 0.2) is 64.4 Å². The lowest BCUT2D eigenvalue weighted by Crippen LogP contribution is -1.96. The minimum atomic E-state index is -0.576. The average molecular weight is 280 g/mol. The minimum absolute atomic E-state index is 0.576. The van der Waals surface area contributed by atoms with Gasteiger partial charge in [0.05, 0.1) is 0 Å². The van der Waals surface area contributed by atoms with E-state index >= 15 is 0 Å². The first-order chi connectivity index (χ1) is 9.83. The molecule has 3 heteroatoms. The second-order valence-electron chi connectivity index (χ2n) is 4.77. The van der Waals surface area contributed by atoms with Crippen LogP contribution in [0.5, 0.6) is 0 Å². The summed E-state index contributed by atoms with van der Waals surface area (Å²) in [5, 5.41) is 14.5. The van der Waals surface area contributed by atoms with Crippen molar-refractivity contribution in [3.63, 3.8) is 0 Å². The van der Waals surface area contributed by atoms with Crippen molar-refractivity contribution in [3.05, 3.63) is 70.4 Å². The molecule has 2 heterocycles. The van der Waals surface area contributed by atoms with Gasteiger partial charge in [0.25, 0.3) is 0 Å². The number of hydrogen-bond donors (Lipinski definition) is 1. The number of benzene rings is 2. The van der Waals surface area contributed by atoms with Crippen molar-refractivity contribution in [2.75, 3.05) is 0 Å². The monoisotopic (exact) mass is 280 g/mol. The number of thiophene rings is 1. The molecule has 1 N–H and O–H groups in total. The van der Waals surface area contributed by atoms with E-state index in [1.54, 1.807) is 11.3 Å². The van der Waals surface area contributed by atoms with Crippen LogP contribution in [0.2, 0.25) is 0 Å².